The van der Waals surface area contributed by atoms with Crippen LogP contribution in [0, 0.1) is 6.92 Å². The Hall–Kier alpha value is -2.16. The smallest absolute Gasteiger partial charge is 0.258 e. The highest BCUT2D eigenvalue weighted by molar-refractivity contribution is 6.25. The van der Waals surface area contributed by atoms with Gasteiger partial charge in [0.05, 0.1) is 0 Å². The largest absolute Gasteiger partial charge is 0.288 e. The first-order chi connectivity index (χ1) is 7.68. The van der Waals surface area contributed by atoms with Crippen LogP contribution in [0.5, 0.6) is 0 Å². The summed E-state index contributed by atoms with van der Waals surface area (Å²) in [6.07, 6.45) is 0. The molecule has 0 spiro atoms. The van der Waals surface area contributed by atoms with E-state index in [2.05, 4.69) is 5.32 Å². The molecule has 3 rings (SSSR count). The molecule has 0 saturated heterocycles. The second kappa shape index (κ2) is 2.92. The van der Waals surface area contributed by atoms with E-state index in [1.807, 2.05) is 25.1 Å². The second-order valence-electron chi connectivity index (χ2n) is 3.94. The van der Waals surface area contributed by atoms with Gasteiger partial charge < -0.3 is 0 Å². The van der Waals surface area contributed by atoms with E-state index in [1.54, 1.807) is 12.1 Å². The Morgan fingerprint density at radius 1 is 0.938 bits per heavy atom. The van der Waals surface area contributed by atoms with Crippen molar-refractivity contribution in [3.8, 4) is 0 Å². The summed E-state index contributed by atoms with van der Waals surface area (Å²) in [5.41, 5.74) is 2.23. The van der Waals surface area contributed by atoms with Gasteiger partial charge in [-0.2, -0.15) is 0 Å². The van der Waals surface area contributed by atoms with Gasteiger partial charge in [-0.3, -0.25) is 14.9 Å². The maximum absolute atomic E-state index is 11.7. The molecular weight excluding hydrogens is 202 g/mol. The standard InChI is InChI=1S/C13H9NO2/c1-7-5-6-10-11-8(7)3-2-4-9(11)12(15)14-13(10)16/h2-6H,1H3,(H,14,15,16). The fourth-order valence-corrected chi connectivity index (χ4v) is 2.17. The number of imide groups is 1. The van der Waals surface area contributed by atoms with Crippen molar-refractivity contribution in [1.29, 1.82) is 0 Å². The van der Waals surface area contributed by atoms with Crippen molar-refractivity contribution in [3.05, 3.63) is 47.0 Å². The van der Waals surface area contributed by atoms with Gasteiger partial charge in [0.25, 0.3) is 11.8 Å². The molecule has 2 aromatic rings. The molecule has 1 aliphatic heterocycles. The van der Waals surface area contributed by atoms with Crippen LogP contribution >= 0.6 is 0 Å². The van der Waals surface area contributed by atoms with E-state index in [4.69, 9.17) is 0 Å². The van der Waals surface area contributed by atoms with E-state index >= 15 is 0 Å². The van der Waals surface area contributed by atoms with Crippen molar-refractivity contribution in [1.82, 2.24) is 5.32 Å². The number of hydrogen-bond acceptors (Lipinski definition) is 2. The highest BCUT2D eigenvalue weighted by Crippen LogP contribution is 2.28. The third-order valence-corrected chi connectivity index (χ3v) is 2.97. The average Bonchev–Trinajstić information content (AvgIpc) is 2.27. The van der Waals surface area contributed by atoms with Crippen molar-refractivity contribution in [3.63, 3.8) is 0 Å². The van der Waals surface area contributed by atoms with Crippen molar-refractivity contribution in [2.24, 2.45) is 0 Å². The summed E-state index contributed by atoms with van der Waals surface area (Å²) in [4.78, 5) is 23.3. The molecule has 78 valence electrons. The number of amides is 2. The first-order valence-electron chi connectivity index (χ1n) is 5.06. The number of benzene rings is 2. The van der Waals surface area contributed by atoms with E-state index < -0.39 is 0 Å². The Bertz CT molecular complexity index is 623. The zero-order valence-electron chi connectivity index (χ0n) is 8.70. The molecular formula is C13H9NO2. The maximum Gasteiger partial charge on any atom is 0.258 e. The lowest BCUT2D eigenvalue weighted by molar-refractivity contribution is 0.0845. The van der Waals surface area contributed by atoms with Crippen molar-refractivity contribution in [2.75, 3.05) is 0 Å². The van der Waals surface area contributed by atoms with Crippen LogP contribution in [0.15, 0.2) is 30.3 Å². The van der Waals surface area contributed by atoms with E-state index in [0.29, 0.717) is 11.1 Å². The molecule has 3 nitrogen and oxygen atoms in total. The van der Waals surface area contributed by atoms with Gasteiger partial charge in [0.1, 0.15) is 0 Å². The Balaban J connectivity index is 2.57. The third kappa shape index (κ3) is 1.03. The lowest BCUT2D eigenvalue weighted by Gasteiger charge is -2.17. The lowest BCUT2D eigenvalue weighted by Crippen LogP contribution is -2.34. The summed E-state index contributed by atoms with van der Waals surface area (Å²) >= 11 is 0. The Morgan fingerprint density at radius 3 is 2.38 bits per heavy atom. The Labute approximate surface area is 92.1 Å². The Kier molecular flexibility index (Phi) is 1.66. The van der Waals surface area contributed by atoms with Crippen LogP contribution in [0.3, 0.4) is 0 Å². The predicted octanol–water partition coefficient (Wildman–Crippen LogP) is 2.03. The van der Waals surface area contributed by atoms with Crippen LogP contribution in [0.1, 0.15) is 26.3 Å². The van der Waals surface area contributed by atoms with Gasteiger partial charge in [-0.25, -0.2) is 0 Å². The maximum atomic E-state index is 11.7. The van der Waals surface area contributed by atoms with Crippen LogP contribution in [-0.2, 0) is 0 Å². The third-order valence-electron chi connectivity index (χ3n) is 2.97. The predicted molar refractivity (Wildman–Crippen MR) is 60.5 cm³/mol. The minimum absolute atomic E-state index is 0.311. The summed E-state index contributed by atoms with van der Waals surface area (Å²) in [7, 11) is 0. The van der Waals surface area contributed by atoms with Gasteiger partial charge in [0, 0.05) is 16.5 Å². The van der Waals surface area contributed by atoms with Gasteiger partial charge in [-0.1, -0.05) is 18.2 Å². The van der Waals surface area contributed by atoms with Gasteiger partial charge in [0.15, 0.2) is 0 Å². The average molecular weight is 211 g/mol. The summed E-state index contributed by atoms with van der Waals surface area (Å²) in [5.74, 6) is -0.623. The second-order valence-corrected chi connectivity index (χ2v) is 3.94. The molecule has 0 bridgehead atoms. The monoisotopic (exact) mass is 211 g/mol. The molecule has 0 aliphatic carbocycles. The van der Waals surface area contributed by atoms with Crippen LogP contribution in [0.2, 0.25) is 0 Å². The number of carbonyl (C=O) groups is 2. The Morgan fingerprint density at radius 2 is 1.62 bits per heavy atom. The lowest BCUT2D eigenvalue weighted by atomic mass is 9.93. The molecule has 2 amide bonds. The SMILES string of the molecule is Cc1ccc2c3c(cccc13)C(=O)NC2=O. The first kappa shape index (κ1) is 9.09. The molecule has 0 aromatic heterocycles. The fourth-order valence-electron chi connectivity index (χ4n) is 2.17. The minimum Gasteiger partial charge on any atom is -0.288 e. The van der Waals surface area contributed by atoms with Gasteiger partial charge in [0.2, 0.25) is 0 Å². The van der Waals surface area contributed by atoms with E-state index in [-0.39, 0.29) is 11.8 Å². The summed E-state index contributed by atoms with van der Waals surface area (Å²) in [5, 5.41) is 4.08. The number of nitrogens with one attached hydrogen (secondary N) is 1. The highest BCUT2D eigenvalue weighted by Gasteiger charge is 2.24. The zero-order chi connectivity index (χ0) is 11.3. The van der Waals surface area contributed by atoms with E-state index in [0.717, 1.165) is 16.3 Å². The molecule has 3 heteroatoms. The zero-order valence-corrected chi connectivity index (χ0v) is 8.70. The van der Waals surface area contributed by atoms with E-state index in [9.17, 15) is 9.59 Å². The topological polar surface area (TPSA) is 46.2 Å². The molecule has 0 atom stereocenters. The van der Waals surface area contributed by atoms with Crippen molar-refractivity contribution < 1.29 is 9.59 Å². The number of rotatable bonds is 0. The molecule has 1 aliphatic rings. The van der Waals surface area contributed by atoms with Crippen molar-refractivity contribution >= 4 is 22.6 Å². The highest BCUT2D eigenvalue weighted by atomic mass is 16.2. The van der Waals surface area contributed by atoms with Crippen molar-refractivity contribution in [2.45, 2.75) is 6.92 Å². The van der Waals surface area contributed by atoms with E-state index in [1.165, 1.54) is 0 Å². The quantitative estimate of drug-likeness (QED) is 0.678. The molecule has 0 radical (unpaired) electrons. The van der Waals surface area contributed by atoms with Gasteiger partial charge in [-0.05, 0) is 30.0 Å². The van der Waals surface area contributed by atoms with Crippen LogP contribution < -0.4 is 5.32 Å². The fraction of sp³-hybridized carbons (Fsp3) is 0.0769. The summed E-state index contributed by atoms with van der Waals surface area (Å²) < 4.78 is 0. The summed E-state index contributed by atoms with van der Waals surface area (Å²) in [6.45, 7) is 1.97. The molecule has 1 N–H and O–H groups in total. The number of hydrogen-bond donors (Lipinski definition) is 1. The number of carbonyl (C=O) groups excluding carboxylic acids is 2. The minimum atomic E-state index is -0.311. The van der Waals surface area contributed by atoms with Gasteiger partial charge in [-0.15, -0.1) is 0 Å². The first-order valence-corrected chi connectivity index (χ1v) is 5.06. The molecule has 0 unspecified atom stereocenters. The number of aryl methyl sites for hydroxylation is 1. The molecule has 16 heavy (non-hydrogen) atoms. The molecule has 2 aromatic carbocycles. The van der Waals surface area contributed by atoms with Crippen LogP contribution in [-0.4, -0.2) is 11.8 Å². The molecule has 0 saturated carbocycles. The molecule has 0 fully saturated rings. The van der Waals surface area contributed by atoms with Crippen LogP contribution in [0.4, 0.5) is 0 Å². The van der Waals surface area contributed by atoms with Gasteiger partial charge >= 0.3 is 0 Å². The normalized spacial score (nSPS) is 14.1. The summed E-state index contributed by atoms with van der Waals surface area (Å²) in [6, 6.07) is 9.18. The molecule has 1 heterocycles. The van der Waals surface area contributed by atoms with Crippen LogP contribution in [0.25, 0.3) is 10.8 Å².